The Morgan fingerprint density at radius 1 is 1.25 bits per heavy atom. The summed E-state index contributed by atoms with van der Waals surface area (Å²) in [7, 11) is -3.51. The van der Waals surface area contributed by atoms with Crippen molar-refractivity contribution in [2.24, 2.45) is 0 Å². The van der Waals surface area contributed by atoms with Crippen molar-refractivity contribution < 1.29 is 18.3 Å². The molecule has 0 unspecified atom stereocenters. The van der Waals surface area contributed by atoms with E-state index in [9.17, 15) is 13.2 Å². The van der Waals surface area contributed by atoms with Gasteiger partial charge in [0, 0.05) is 13.1 Å². The molecule has 1 amide bonds. The molecule has 1 aliphatic heterocycles. The third-order valence-electron chi connectivity index (χ3n) is 2.51. The number of hydrogen-bond donors (Lipinski definition) is 2. The van der Waals surface area contributed by atoms with E-state index < -0.39 is 16.6 Å². The van der Waals surface area contributed by atoms with Crippen molar-refractivity contribution in [2.75, 3.05) is 32.0 Å². The number of likely N-dealkylation sites (tertiary alicyclic amines) is 1. The van der Waals surface area contributed by atoms with Crippen LogP contribution in [0.1, 0.15) is 19.3 Å². The van der Waals surface area contributed by atoms with Crippen molar-refractivity contribution in [2.45, 2.75) is 19.3 Å². The SMILES string of the molecule is O=C(CNS(=O)(=O)CCO)N1CCCCC1. The van der Waals surface area contributed by atoms with Gasteiger partial charge in [-0.2, -0.15) is 0 Å². The first-order chi connectivity index (χ1) is 7.55. The van der Waals surface area contributed by atoms with E-state index in [1.807, 2.05) is 0 Å². The summed E-state index contributed by atoms with van der Waals surface area (Å²) in [4.78, 5) is 13.3. The topological polar surface area (TPSA) is 86.7 Å². The average Bonchev–Trinajstić information content (AvgIpc) is 2.27. The van der Waals surface area contributed by atoms with Gasteiger partial charge in [0.2, 0.25) is 15.9 Å². The lowest BCUT2D eigenvalue weighted by Gasteiger charge is -2.26. The van der Waals surface area contributed by atoms with Crippen LogP contribution in [0.4, 0.5) is 0 Å². The van der Waals surface area contributed by atoms with Crippen LogP contribution in [-0.2, 0) is 14.8 Å². The summed E-state index contributed by atoms with van der Waals surface area (Å²) >= 11 is 0. The normalized spacial score (nSPS) is 17.4. The van der Waals surface area contributed by atoms with Crippen LogP contribution >= 0.6 is 0 Å². The Bertz CT molecular complexity index is 322. The molecule has 0 atom stereocenters. The van der Waals surface area contributed by atoms with Gasteiger partial charge in [0.25, 0.3) is 0 Å². The molecule has 1 rings (SSSR count). The molecule has 94 valence electrons. The zero-order valence-corrected chi connectivity index (χ0v) is 10.0. The molecule has 0 spiro atoms. The molecule has 7 heteroatoms. The lowest BCUT2D eigenvalue weighted by atomic mass is 10.1. The van der Waals surface area contributed by atoms with E-state index >= 15 is 0 Å². The van der Waals surface area contributed by atoms with Gasteiger partial charge >= 0.3 is 0 Å². The minimum Gasteiger partial charge on any atom is -0.395 e. The maximum absolute atomic E-state index is 11.6. The fraction of sp³-hybridized carbons (Fsp3) is 0.889. The molecule has 2 N–H and O–H groups in total. The van der Waals surface area contributed by atoms with Crippen LogP contribution in [0.15, 0.2) is 0 Å². The predicted molar refractivity (Wildman–Crippen MR) is 59.3 cm³/mol. The number of nitrogens with zero attached hydrogens (tertiary/aromatic N) is 1. The maximum atomic E-state index is 11.6. The van der Waals surface area contributed by atoms with E-state index in [1.165, 1.54) is 0 Å². The summed E-state index contributed by atoms with van der Waals surface area (Å²) in [6, 6.07) is 0. The van der Waals surface area contributed by atoms with Gasteiger partial charge in [-0.25, -0.2) is 13.1 Å². The first kappa shape index (κ1) is 13.4. The number of aliphatic hydroxyl groups is 1. The molecule has 1 saturated heterocycles. The Morgan fingerprint density at radius 2 is 1.88 bits per heavy atom. The van der Waals surface area contributed by atoms with Crippen LogP contribution in [0.2, 0.25) is 0 Å². The highest BCUT2D eigenvalue weighted by molar-refractivity contribution is 7.89. The van der Waals surface area contributed by atoms with Crippen molar-refractivity contribution >= 4 is 15.9 Å². The molecule has 0 bridgehead atoms. The van der Waals surface area contributed by atoms with Crippen LogP contribution < -0.4 is 4.72 Å². The van der Waals surface area contributed by atoms with E-state index in [2.05, 4.69) is 4.72 Å². The van der Waals surface area contributed by atoms with E-state index in [1.54, 1.807) is 4.90 Å². The average molecular weight is 250 g/mol. The minimum atomic E-state index is -3.51. The zero-order chi connectivity index (χ0) is 12.0. The number of amides is 1. The smallest absolute Gasteiger partial charge is 0.237 e. The van der Waals surface area contributed by atoms with Gasteiger partial charge in [-0.15, -0.1) is 0 Å². The number of rotatable bonds is 5. The molecule has 1 fully saturated rings. The van der Waals surface area contributed by atoms with Gasteiger partial charge < -0.3 is 10.0 Å². The van der Waals surface area contributed by atoms with Crippen LogP contribution in [0.5, 0.6) is 0 Å². The summed E-state index contributed by atoms with van der Waals surface area (Å²) < 4.78 is 24.5. The fourth-order valence-electron chi connectivity index (χ4n) is 1.62. The molecular formula is C9H18N2O4S. The largest absolute Gasteiger partial charge is 0.395 e. The number of piperidine rings is 1. The molecular weight excluding hydrogens is 232 g/mol. The molecule has 0 aromatic heterocycles. The van der Waals surface area contributed by atoms with Crippen molar-refractivity contribution in [1.29, 1.82) is 0 Å². The van der Waals surface area contributed by atoms with Crippen molar-refractivity contribution in [3.05, 3.63) is 0 Å². The first-order valence-electron chi connectivity index (χ1n) is 5.41. The summed E-state index contributed by atoms with van der Waals surface area (Å²) in [6.45, 7) is 0.774. The number of nitrogens with one attached hydrogen (secondary N) is 1. The second-order valence-corrected chi connectivity index (χ2v) is 5.73. The Hall–Kier alpha value is -0.660. The molecule has 1 aliphatic rings. The zero-order valence-electron chi connectivity index (χ0n) is 9.18. The predicted octanol–water partition coefficient (Wildman–Crippen LogP) is -1.09. The van der Waals surface area contributed by atoms with Crippen molar-refractivity contribution in [3.8, 4) is 0 Å². The standard InChI is InChI=1S/C9H18N2O4S/c12-6-7-16(14,15)10-8-9(13)11-4-2-1-3-5-11/h10,12H,1-8H2. The Morgan fingerprint density at radius 3 is 2.44 bits per heavy atom. The monoisotopic (exact) mass is 250 g/mol. The number of hydrogen-bond acceptors (Lipinski definition) is 4. The van der Waals surface area contributed by atoms with E-state index in [-0.39, 0.29) is 18.2 Å². The van der Waals surface area contributed by atoms with Crippen LogP contribution in [0, 0.1) is 0 Å². The lowest BCUT2D eigenvalue weighted by molar-refractivity contribution is -0.130. The fourth-order valence-corrected chi connectivity index (χ4v) is 2.35. The molecule has 0 aromatic rings. The number of aliphatic hydroxyl groups excluding tert-OH is 1. The number of sulfonamides is 1. The molecule has 0 radical (unpaired) electrons. The van der Waals surface area contributed by atoms with Crippen LogP contribution in [-0.4, -0.2) is 56.3 Å². The second-order valence-electron chi connectivity index (χ2n) is 3.81. The lowest BCUT2D eigenvalue weighted by Crippen LogP contribution is -2.43. The Labute approximate surface area is 95.7 Å². The van der Waals surface area contributed by atoms with E-state index in [0.29, 0.717) is 13.1 Å². The molecule has 0 aliphatic carbocycles. The summed E-state index contributed by atoms with van der Waals surface area (Å²) in [5.74, 6) is -0.554. The number of carbonyl (C=O) groups excluding carboxylic acids is 1. The molecule has 1 heterocycles. The number of carbonyl (C=O) groups is 1. The van der Waals surface area contributed by atoms with Gasteiger partial charge in [-0.3, -0.25) is 4.79 Å². The third-order valence-corrected chi connectivity index (χ3v) is 3.82. The highest BCUT2D eigenvalue weighted by Crippen LogP contribution is 2.08. The molecule has 0 aromatic carbocycles. The Balaban J connectivity index is 2.34. The maximum Gasteiger partial charge on any atom is 0.237 e. The van der Waals surface area contributed by atoms with Gasteiger partial charge in [0.15, 0.2) is 0 Å². The quantitative estimate of drug-likeness (QED) is 0.649. The van der Waals surface area contributed by atoms with Gasteiger partial charge in [0.05, 0.1) is 18.9 Å². The summed E-state index contributed by atoms with van der Waals surface area (Å²) in [6.07, 6.45) is 3.09. The third kappa shape index (κ3) is 4.46. The summed E-state index contributed by atoms with van der Waals surface area (Å²) in [5, 5.41) is 8.50. The van der Waals surface area contributed by atoms with Crippen LogP contribution in [0.3, 0.4) is 0 Å². The van der Waals surface area contributed by atoms with E-state index in [4.69, 9.17) is 5.11 Å². The first-order valence-corrected chi connectivity index (χ1v) is 7.06. The van der Waals surface area contributed by atoms with Gasteiger partial charge in [0.1, 0.15) is 0 Å². The highest BCUT2D eigenvalue weighted by Gasteiger charge is 2.18. The van der Waals surface area contributed by atoms with E-state index in [0.717, 1.165) is 19.3 Å². The highest BCUT2D eigenvalue weighted by atomic mass is 32.2. The molecule has 0 saturated carbocycles. The summed E-state index contributed by atoms with van der Waals surface area (Å²) in [5.41, 5.74) is 0. The Kier molecular flexibility index (Phi) is 5.17. The molecule has 6 nitrogen and oxygen atoms in total. The van der Waals surface area contributed by atoms with Gasteiger partial charge in [-0.05, 0) is 19.3 Å². The molecule has 16 heavy (non-hydrogen) atoms. The van der Waals surface area contributed by atoms with Crippen molar-refractivity contribution in [1.82, 2.24) is 9.62 Å². The minimum absolute atomic E-state index is 0.193. The van der Waals surface area contributed by atoms with Gasteiger partial charge in [-0.1, -0.05) is 0 Å². The van der Waals surface area contributed by atoms with Crippen molar-refractivity contribution in [3.63, 3.8) is 0 Å². The second kappa shape index (κ2) is 6.17. The van der Waals surface area contributed by atoms with Crippen LogP contribution in [0.25, 0.3) is 0 Å².